The highest BCUT2D eigenvalue weighted by atomic mass is 35.5. The number of anilines is 1. The van der Waals surface area contributed by atoms with Gasteiger partial charge in [0.25, 0.3) is 0 Å². The molecule has 1 N–H and O–H groups in total. The van der Waals surface area contributed by atoms with Gasteiger partial charge < -0.3 is 14.8 Å². The summed E-state index contributed by atoms with van der Waals surface area (Å²) in [5.41, 5.74) is 1.55. The van der Waals surface area contributed by atoms with Crippen LogP contribution in [0.1, 0.15) is 18.4 Å². The second-order valence-electron chi connectivity index (χ2n) is 7.19. The maximum Gasteiger partial charge on any atom is 0.246 e. The summed E-state index contributed by atoms with van der Waals surface area (Å²) in [6.45, 7) is 2.33. The van der Waals surface area contributed by atoms with E-state index >= 15 is 0 Å². The summed E-state index contributed by atoms with van der Waals surface area (Å²) >= 11 is 6.01. The highest BCUT2D eigenvalue weighted by Gasteiger charge is 2.35. The Balaban J connectivity index is 1.81. The minimum atomic E-state index is -3.87. The molecule has 30 heavy (non-hydrogen) atoms. The number of benzene rings is 2. The van der Waals surface area contributed by atoms with Gasteiger partial charge in [-0.15, -0.1) is 0 Å². The van der Waals surface area contributed by atoms with Crippen LogP contribution in [-0.4, -0.2) is 45.9 Å². The largest absolute Gasteiger partial charge is 0.495 e. The van der Waals surface area contributed by atoms with Crippen LogP contribution < -0.4 is 14.8 Å². The summed E-state index contributed by atoms with van der Waals surface area (Å²) < 4.78 is 38.3. The molecule has 0 radical (unpaired) electrons. The number of hydrogen-bond acceptors (Lipinski definition) is 5. The number of sulfonamides is 1. The molecule has 3 rings (SSSR count). The van der Waals surface area contributed by atoms with Crippen LogP contribution >= 0.6 is 11.6 Å². The zero-order chi connectivity index (χ0) is 21.9. The molecule has 2 aromatic rings. The van der Waals surface area contributed by atoms with E-state index in [0.717, 1.165) is 5.56 Å². The minimum absolute atomic E-state index is 0.00101. The average Bonchev–Trinajstić information content (AvgIpc) is 2.74. The Morgan fingerprint density at radius 1 is 1.13 bits per heavy atom. The Labute approximate surface area is 182 Å². The fraction of sp³-hybridized carbons (Fsp3) is 0.381. The number of carbonyl (C=O) groups is 1. The smallest absolute Gasteiger partial charge is 0.246 e. The summed E-state index contributed by atoms with van der Waals surface area (Å²) in [4.78, 5) is 12.9. The Bertz CT molecular complexity index is 1040. The quantitative estimate of drug-likeness (QED) is 0.722. The van der Waals surface area contributed by atoms with E-state index in [1.165, 1.54) is 30.7 Å². The van der Waals surface area contributed by atoms with Gasteiger partial charge in [0.05, 0.1) is 25.8 Å². The number of aryl methyl sites for hydroxylation is 1. The van der Waals surface area contributed by atoms with Gasteiger partial charge in [0.1, 0.15) is 16.4 Å². The summed E-state index contributed by atoms with van der Waals surface area (Å²) in [5.74, 6) is 0.0501. The monoisotopic (exact) mass is 452 g/mol. The predicted octanol–water partition coefficient (Wildman–Crippen LogP) is 3.71. The van der Waals surface area contributed by atoms with Gasteiger partial charge in [-0.2, -0.15) is 4.31 Å². The van der Waals surface area contributed by atoms with Crippen molar-refractivity contribution >= 4 is 33.2 Å². The molecule has 1 atom stereocenters. The van der Waals surface area contributed by atoms with Crippen molar-refractivity contribution in [3.8, 4) is 11.5 Å². The first-order valence-corrected chi connectivity index (χ1v) is 11.4. The highest BCUT2D eigenvalue weighted by Crippen LogP contribution is 2.33. The van der Waals surface area contributed by atoms with Crippen molar-refractivity contribution < 1.29 is 22.7 Å². The summed E-state index contributed by atoms with van der Waals surface area (Å²) in [7, 11) is -0.925. The van der Waals surface area contributed by atoms with Gasteiger partial charge in [0.15, 0.2) is 0 Å². The number of methoxy groups -OCH3 is 2. The van der Waals surface area contributed by atoms with E-state index < -0.39 is 15.9 Å². The first kappa shape index (κ1) is 22.4. The molecular weight excluding hydrogens is 428 g/mol. The topological polar surface area (TPSA) is 84.9 Å². The number of hydrogen-bond donors (Lipinski definition) is 1. The Morgan fingerprint density at radius 3 is 2.53 bits per heavy atom. The van der Waals surface area contributed by atoms with Crippen LogP contribution in [0.3, 0.4) is 0 Å². The van der Waals surface area contributed by atoms with Gasteiger partial charge in [-0.1, -0.05) is 17.7 Å². The number of piperidine rings is 1. The van der Waals surface area contributed by atoms with Gasteiger partial charge >= 0.3 is 0 Å². The third kappa shape index (κ3) is 4.71. The lowest BCUT2D eigenvalue weighted by Gasteiger charge is -2.31. The SMILES string of the molecule is COc1ccc(C)cc1NC(=O)[C@H]1CCCN(S(=O)(=O)c2cc(Cl)ccc2OC)C1. The lowest BCUT2D eigenvalue weighted by molar-refractivity contribution is -0.120. The van der Waals surface area contributed by atoms with E-state index in [2.05, 4.69) is 5.32 Å². The lowest BCUT2D eigenvalue weighted by atomic mass is 9.98. The number of carbonyl (C=O) groups excluding carboxylic acids is 1. The summed E-state index contributed by atoms with van der Waals surface area (Å²) in [6, 6.07) is 9.96. The third-order valence-electron chi connectivity index (χ3n) is 5.11. The van der Waals surface area contributed by atoms with Gasteiger partial charge in [0, 0.05) is 18.1 Å². The molecule has 162 valence electrons. The number of halogens is 1. The fourth-order valence-corrected chi connectivity index (χ4v) is 5.46. The number of rotatable bonds is 6. The molecule has 1 saturated heterocycles. The van der Waals surface area contributed by atoms with E-state index in [0.29, 0.717) is 35.8 Å². The Kier molecular flexibility index (Phi) is 6.90. The number of amides is 1. The Morgan fingerprint density at radius 2 is 1.83 bits per heavy atom. The molecule has 7 nitrogen and oxygen atoms in total. The molecule has 0 aromatic heterocycles. The number of ether oxygens (including phenoxy) is 2. The normalized spacial score (nSPS) is 17.4. The summed E-state index contributed by atoms with van der Waals surface area (Å²) in [6.07, 6.45) is 1.17. The van der Waals surface area contributed by atoms with Crippen molar-refractivity contribution in [2.75, 3.05) is 32.6 Å². The van der Waals surface area contributed by atoms with Crippen LogP contribution in [0.5, 0.6) is 11.5 Å². The standard InChI is InChI=1S/C21H25ClN2O5S/c1-14-6-8-18(28-2)17(11-14)23-21(25)15-5-4-10-24(13-15)30(26,27)20-12-16(22)7-9-19(20)29-3/h6-9,11-12,15H,4-5,10,13H2,1-3H3,(H,23,25)/t15-/m0/s1. The van der Waals surface area contributed by atoms with E-state index in [1.54, 1.807) is 12.1 Å². The maximum atomic E-state index is 13.2. The predicted molar refractivity (Wildman–Crippen MR) is 116 cm³/mol. The van der Waals surface area contributed by atoms with Crippen LogP contribution in [0.4, 0.5) is 5.69 Å². The fourth-order valence-electron chi connectivity index (χ4n) is 3.52. The van der Waals surface area contributed by atoms with Crippen LogP contribution in [0, 0.1) is 12.8 Å². The highest BCUT2D eigenvalue weighted by molar-refractivity contribution is 7.89. The third-order valence-corrected chi connectivity index (χ3v) is 7.23. The molecule has 0 unspecified atom stereocenters. The molecular formula is C21H25ClN2O5S. The molecule has 1 amide bonds. The molecule has 0 spiro atoms. The van der Waals surface area contributed by atoms with Crippen LogP contribution in [-0.2, 0) is 14.8 Å². The van der Waals surface area contributed by atoms with Crippen LogP contribution in [0.15, 0.2) is 41.3 Å². The molecule has 1 aliphatic rings. The van der Waals surface area contributed by atoms with E-state index in [4.69, 9.17) is 21.1 Å². The van der Waals surface area contributed by atoms with Gasteiger partial charge in [0.2, 0.25) is 15.9 Å². The maximum absolute atomic E-state index is 13.2. The molecule has 1 heterocycles. The number of nitrogens with one attached hydrogen (secondary N) is 1. The zero-order valence-electron chi connectivity index (χ0n) is 17.1. The Hall–Kier alpha value is -2.29. The molecule has 9 heteroatoms. The van der Waals surface area contributed by atoms with Gasteiger partial charge in [-0.05, 0) is 55.7 Å². The minimum Gasteiger partial charge on any atom is -0.495 e. The lowest BCUT2D eigenvalue weighted by Crippen LogP contribution is -2.43. The molecule has 0 saturated carbocycles. The second kappa shape index (κ2) is 9.24. The average molecular weight is 453 g/mol. The van der Waals surface area contributed by atoms with Crippen molar-refractivity contribution in [3.63, 3.8) is 0 Å². The van der Waals surface area contributed by atoms with Crippen molar-refractivity contribution in [1.29, 1.82) is 0 Å². The van der Waals surface area contributed by atoms with Crippen LogP contribution in [0.25, 0.3) is 0 Å². The van der Waals surface area contributed by atoms with Crippen LogP contribution in [0.2, 0.25) is 5.02 Å². The van der Waals surface area contributed by atoms with E-state index in [9.17, 15) is 13.2 Å². The van der Waals surface area contributed by atoms with E-state index in [1.807, 2.05) is 19.1 Å². The van der Waals surface area contributed by atoms with Crippen molar-refractivity contribution in [3.05, 3.63) is 47.0 Å². The zero-order valence-corrected chi connectivity index (χ0v) is 18.7. The first-order valence-electron chi connectivity index (χ1n) is 9.55. The van der Waals surface area contributed by atoms with Crippen molar-refractivity contribution in [2.45, 2.75) is 24.7 Å². The molecule has 0 aliphatic carbocycles. The second-order valence-corrected chi connectivity index (χ2v) is 9.53. The van der Waals surface area contributed by atoms with Gasteiger partial charge in [-0.3, -0.25) is 4.79 Å². The van der Waals surface area contributed by atoms with Gasteiger partial charge in [-0.25, -0.2) is 8.42 Å². The molecule has 1 fully saturated rings. The first-order chi connectivity index (χ1) is 14.3. The van der Waals surface area contributed by atoms with Crippen molar-refractivity contribution in [2.24, 2.45) is 5.92 Å². The number of nitrogens with zero attached hydrogens (tertiary/aromatic N) is 1. The molecule has 1 aliphatic heterocycles. The van der Waals surface area contributed by atoms with E-state index in [-0.39, 0.29) is 23.1 Å². The summed E-state index contributed by atoms with van der Waals surface area (Å²) in [5, 5.41) is 3.18. The molecule has 0 bridgehead atoms. The molecule has 2 aromatic carbocycles. The van der Waals surface area contributed by atoms with Crippen molar-refractivity contribution in [1.82, 2.24) is 4.31 Å².